The van der Waals surface area contributed by atoms with Crippen molar-refractivity contribution < 1.29 is 28.5 Å². The predicted molar refractivity (Wildman–Crippen MR) is 74.9 cm³/mol. The minimum Gasteiger partial charge on any atom is -0.349 e. The van der Waals surface area contributed by atoms with Crippen molar-refractivity contribution in [3.63, 3.8) is 0 Å². The summed E-state index contributed by atoms with van der Waals surface area (Å²) >= 11 is 0. The van der Waals surface area contributed by atoms with Gasteiger partial charge in [0.2, 0.25) is 6.29 Å². The summed E-state index contributed by atoms with van der Waals surface area (Å²) < 4.78 is 22.2. The highest BCUT2D eigenvalue weighted by molar-refractivity contribution is 5.87. The SMILES string of the molecule is CO[C@H]1O[C@@H]2CO[C@@H](c3ccccc3)O[C@H]2[C@H](CC=O)C1=O. The van der Waals surface area contributed by atoms with E-state index in [0.29, 0.717) is 0 Å². The van der Waals surface area contributed by atoms with Crippen molar-refractivity contribution in [3.8, 4) is 0 Å². The summed E-state index contributed by atoms with van der Waals surface area (Å²) in [6.07, 6.45) is -1.65. The molecule has 0 amide bonds. The van der Waals surface area contributed by atoms with Crippen molar-refractivity contribution in [1.29, 1.82) is 0 Å². The van der Waals surface area contributed by atoms with Crippen molar-refractivity contribution in [3.05, 3.63) is 35.9 Å². The van der Waals surface area contributed by atoms with E-state index in [-0.39, 0.29) is 18.8 Å². The lowest BCUT2D eigenvalue weighted by Crippen LogP contribution is -2.57. The molecule has 0 aromatic heterocycles. The Morgan fingerprint density at radius 2 is 2.05 bits per heavy atom. The second kappa shape index (κ2) is 6.66. The molecule has 0 spiro atoms. The van der Waals surface area contributed by atoms with E-state index in [4.69, 9.17) is 18.9 Å². The third kappa shape index (κ3) is 2.83. The largest absolute Gasteiger partial charge is 0.349 e. The van der Waals surface area contributed by atoms with E-state index in [9.17, 15) is 9.59 Å². The van der Waals surface area contributed by atoms with E-state index < -0.39 is 30.7 Å². The van der Waals surface area contributed by atoms with Gasteiger partial charge in [-0.1, -0.05) is 30.3 Å². The molecular formula is C16H18O6. The molecule has 2 heterocycles. The van der Waals surface area contributed by atoms with E-state index in [2.05, 4.69) is 0 Å². The molecular weight excluding hydrogens is 288 g/mol. The van der Waals surface area contributed by atoms with Crippen molar-refractivity contribution in [2.75, 3.05) is 13.7 Å². The zero-order valence-electron chi connectivity index (χ0n) is 12.2. The average molecular weight is 306 g/mol. The Morgan fingerprint density at radius 3 is 2.73 bits per heavy atom. The van der Waals surface area contributed by atoms with Gasteiger partial charge in [0.05, 0.1) is 18.6 Å². The molecule has 2 fully saturated rings. The number of rotatable bonds is 4. The summed E-state index contributed by atoms with van der Waals surface area (Å²) in [6, 6.07) is 9.47. The maximum absolute atomic E-state index is 12.3. The lowest BCUT2D eigenvalue weighted by molar-refractivity contribution is -0.311. The Morgan fingerprint density at radius 1 is 1.27 bits per heavy atom. The minimum absolute atomic E-state index is 0.0880. The summed E-state index contributed by atoms with van der Waals surface area (Å²) in [7, 11) is 1.40. The van der Waals surface area contributed by atoms with Gasteiger partial charge in [-0.05, 0) is 0 Å². The van der Waals surface area contributed by atoms with Crippen LogP contribution in [0.4, 0.5) is 0 Å². The molecule has 2 aliphatic heterocycles. The van der Waals surface area contributed by atoms with Crippen LogP contribution in [0, 0.1) is 5.92 Å². The quantitative estimate of drug-likeness (QED) is 0.780. The molecule has 6 nitrogen and oxygen atoms in total. The van der Waals surface area contributed by atoms with Gasteiger partial charge in [0.25, 0.3) is 0 Å². The average Bonchev–Trinajstić information content (AvgIpc) is 2.57. The molecule has 6 heteroatoms. The molecule has 118 valence electrons. The Kier molecular flexibility index (Phi) is 4.63. The molecule has 2 aliphatic rings. The van der Waals surface area contributed by atoms with Gasteiger partial charge in [-0.2, -0.15) is 0 Å². The number of ether oxygens (including phenoxy) is 4. The summed E-state index contributed by atoms with van der Waals surface area (Å²) in [5.74, 6) is -0.833. The molecule has 0 saturated carbocycles. The van der Waals surface area contributed by atoms with Gasteiger partial charge in [-0.3, -0.25) is 4.79 Å². The summed E-state index contributed by atoms with van der Waals surface area (Å²) in [5, 5.41) is 0. The first-order chi connectivity index (χ1) is 10.7. The third-order valence-electron chi connectivity index (χ3n) is 3.99. The summed E-state index contributed by atoms with van der Waals surface area (Å²) in [4.78, 5) is 23.2. The first-order valence-electron chi connectivity index (χ1n) is 7.22. The fraction of sp³-hybridized carbons (Fsp3) is 0.500. The van der Waals surface area contributed by atoms with E-state index in [1.807, 2.05) is 30.3 Å². The molecule has 3 rings (SSSR count). The summed E-state index contributed by atoms with van der Waals surface area (Å²) in [5.41, 5.74) is 0.868. The van der Waals surface area contributed by atoms with Crippen LogP contribution in [0.25, 0.3) is 0 Å². The monoisotopic (exact) mass is 306 g/mol. The van der Waals surface area contributed by atoms with E-state index >= 15 is 0 Å². The molecule has 0 aliphatic carbocycles. The Balaban J connectivity index is 1.80. The van der Waals surface area contributed by atoms with Crippen molar-refractivity contribution in [2.45, 2.75) is 31.2 Å². The Bertz CT molecular complexity index is 531. The summed E-state index contributed by atoms with van der Waals surface area (Å²) in [6.45, 7) is 0.284. The standard InChI is InChI=1S/C16H18O6/c1-19-16-13(18)11(7-8-17)14-12(21-16)9-20-15(22-14)10-5-3-2-4-6-10/h2-6,8,11-12,14-16H,7,9H2,1H3/t11-,12-,14+,15-,16+/m1/s1. The number of benzene rings is 1. The van der Waals surface area contributed by atoms with Crippen LogP contribution in [0.3, 0.4) is 0 Å². The first-order valence-corrected chi connectivity index (χ1v) is 7.22. The highest BCUT2D eigenvalue weighted by Crippen LogP contribution is 2.36. The van der Waals surface area contributed by atoms with Gasteiger partial charge in [0.1, 0.15) is 12.4 Å². The number of ketones is 1. The fourth-order valence-electron chi connectivity index (χ4n) is 2.89. The van der Waals surface area contributed by atoms with Crippen LogP contribution in [-0.2, 0) is 28.5 Å². The highest BCUT2D eigenvalue weighted by Gasteiger charge is 2.49. The molecule has 2 saturated heterocycles. The number of carbonyl (C=O) groups excluding carboxylic acids is 2. The van der Waals surface area contributed by atoms with Crippen molar-refractivity contribution >= 4 is 12.1 Å². The second-order valence-electron chi connectivity index (χ2n) is 5.33. The fourth-order valence-corrected chi connectivity index (χ4v) is 2.89. The van der Waals surface area contributed by atoms with E-state index in [1.54, 1.807) is 0 Å². The number of hydrogen-bond acceptors (Lipinski definition) is 6. The van der Waals surface area contributed by atoms with E-state index in [1.165, 1.54) is 7.11 Å². The Hall–Kier alpha value is -1.60. The normalized spacial score (nSPS) is 35.0. The number of carbonyl (C=O) groups is 2. The molecule has 5 atom stereocenters. The smallest absolute Gasteiger partial charge is 0.218 e. The molecule has 0 radical (unpaired) electrons. The van der Waals surface area contributed by atoms with Crippen LogP contribution in [0.1, 0.15) is 18.3 Å². The van der Waals surface area contributed by atoms with Gasteiger partial charge in [0, 0.05) is 19.1 Å². The zero-order valence-corrected chi connectivity index (χ0v) is 12.2. The predicted octanol–water partition coefficient (Wildman–Crippen LogP) is 1.25. The lowest BCUT2D eigenvalue weighted by Gasteiger charge is -2.44. The molecule has 0 bridgehead atoms. The minimum atomic E-state index is -0.966. The molecule has 1 aromatic carbocycles. The van der Waals surface area contributed by atoms with Gasteiger partial charge < -0.3 is 23.7 Å². The van der Waals surface area contributed by atoms with Crippen molar-refractivity contribution in [2.24, 2.45) is 5.92 Å². The molecule has 0 N–H and O–H groups in total. The van der Waals surface area contributed by atoms with Crippen LogP contribution in [-0.4, -0.2) is 44.3 Å². The van der Waals surface area contributed by atoms with Crippen LogP contribution in [0.2, 0.25) is 0 Å². The number of fused-ring (bicyclic) bond motifs is 1. The molecule has 1 aromatic rings. The van der Waals surface area contributed by atoms with Crippen LogP contribution < -0.4 is 0 Å². The first kappa shape index (κ1) is 15.3. The van der Waals surface area contributed by atoms with Crippen LogP contribution in [0.5, 0.6) is 0 Å². The van der Waals surface area contributed by atoms with Crippen LogP contribution in [0.15, 0.2) is 30.3 Å². The van der Waals surface area contributed by atoms with Gasteiger partial charge in [-0.25, -0.2) is 0 Å². The molecule has 0 unspecified atom stereocenters. The number of Topliss-reactive ketones (excluding diaryl/α,β-unsaturated/α-hetero) is 1. The lowest BCUT2D eigenvalue weighted by atomic mass is 9.87. The maximum Gasteiger partial charge on any atom is 0.218 e. The Labute approximate surface area is 128 Å². The van der Waals surface area contributed by atoms with Crippen LogP contribution >= 0.6 is 0 Å². The second-order valence-corrected chi connectivity index (χ2v) is 5.33. The van der Waals surface area contributed by atoms with Gasteiger partial charge in [-0.15, -0.1) is 0 Å². The zero-order chi connectivity index (χ0) is 15.5. The number of methoxy groups -OCH3 is 1. The van der Waals surface area contributed by atoms with Crippen molar-refractivity contribution in [1.82, 2.24) is 0 Å². The third-order valence-corrected chi connectivity index (χ3v) is 3.99. The maximum atomic E-state index is 12.3. The topological polar surface area (TPSA) is 71.1 Å². The van der Waals surface area contributed by atoms with E-state index in [0.717, 1.165) is 11.8 Å². The number of hydrogen-bond donors (Lipinski definition) is 0. The van der Waals surface area contributed by atoms with Gasteiger partial charge >= 0.3 is 0 Å². The number of aldehydes is 1. The van der Waals surface area contributed by atoms with Gasteiger partial charge in [0.15, 0.2) is 12.1 Å². The molecule has 22 heavy (non-hydrogen) atoms. The highest BCUT2D eigenvalue weighted by atomic mass is 16.7.